The molecule has 0 unspecified atom stereocenters. The maximum absolute atomic E-state index is 12.4. The minimum absolute atomic E-state index is 0.186. The topological polar surface area (TPSA) is 71.4 Å². The Bertz CT molecular complexity index is 971. The molecule has 5 nitrogen and oxygen atoms in total. The summed E-state index contributed by atoms with van der Waals surface area (Å²) in [4.78, 5) is 8.51. The molecule has 3 rings (SSSR count). The number of benzene rings is 2. The first-order chi connectivity index (χ1) is 12.0. The highest BCUT2D eigenvalue weighted by Gasteiger charge is 2.13. The van der Waals surface area contributed by atoms with Gasteiger partial charge in [0.15, 0.2) is 0 Å². The number of aliphatic imine (C=N–C) groups is 1. The molecule has 1 N–H and O–H groups in total. The van der Waals surface area contributed by atoms with Crippen LogP contribution in [-0.2, 0) is 10.0 Å². The predicted octanol–water partition coefficient (Wildman–Crippen LogP) is 4.24. The monoisotopic (exact) mass is 463 g/mol. The van der Waals surface area contributed by atoms with Gasteiger partial charge in [-0.25, -0.2) is 8.42 Å². The van der Waals surface area contributed by atoms with Crippen LogP contribution in [0.3, 0.4) is 0 Å². The van der Waals surface area contributed by atoms with Crippen LogP contribution < -0.4 is 4.72 Å². The number of pyridine rings is 1. The summed E-state index contributed by atoms with van der Waals surface area (Å²) >= 11 is 2.17. The normalized spacial score (nSPS) is 11.6. The van der Waals surface area contributed by atoms with Gasteiger partial charge in [-0.1, -0.05) is 6.07 Å². The van der Waals surface area contributed by atoms with E-state index in [1.54, 1.807) is 42.9 Å². The number of anilines is 1. The van der Waals surface area contributed by atoms with Crippen molar-refractivity contribution in [2.24, 2.45) is 4.99 Å². The molecule has 3 aromatic rings. The van der Waals surface area contributed by atoms with E-state index in [0.29, 0.717) is 11.4 Å². The van der Waals surface area contributed by atoms with Crippen molar-refractivity contribution in [2.45, 2.75) is 4.90 Å². The summed E-state index contributed by atoms with van der Waals surface area (Å²) in [6.45, 7) is 0. The molecule has 0 spiro atoms. The van der Waals surface area contributed by atoms with Crippen LogP contribution in [0.1, 0.15) is 5.56 Å². The summed E-state index contributed by atoms with van der Waals surface area (Å²) in [7, 11) is -3.62. The molecule has 0 saturated heterocycles. The van der Waals surface area contributed by atoms with E-state index in [1.165, 1.54) is 12.1 Å². The first kappa shape index (κ1) is 17.6. The van der Waals surface area contributed by atoms with Gasteiger partial charge in [-0.2, -0.15) is 0 Å². The fourth-order valence-electron chi connectivity index (χ4n) is 2.04. The van der Waals surface area contributed by atoms with E-state index in [-0.39, 0.29) is 4.90 Å². The van der Waals surface area contributed by atoms with Gasteiger partial charge >= 0.3 is 0 Å². The second-order valence-electron chi connectivity index (χ2n) is 5.15. The van der Waals surface area contributed by atoms with Crippen LogP contribution in [0, 0.1) is 3.57 Å². The molecule has 0 aliphatic rings. The molecule has 0 bridgehead atoms. The van der Waals surface area contributed by atoms with Crippen molar-refractivity contribution in [3.05, 3.63) is 82.2 Å². The summed E-state index contributed by atoms with van der Waals surface area (Å²) in [5.41, 5.74) is 2.07. The van der Waals surface area contributed by atoms with Gasteiger partial charge in [0.05, 0.1) is 10.6 Å². The number of nitrogens with zero attached hydrogens (tertiary/aromatic N) is 2. The highest BCUT2D eigenvalue weighted by atomic mass is 127. The number of hydrogen-bond acceptors (Lipinski definition) is 4. The Morgan fingerprint density at radius 1 is 1.00 bits per heavy atom. The van der Waals surface area contributed by atoms with E-state index in [4.69, 9.17) is 0 Å². The van der Waals surface area contributed by atoms with Gasteiger partial charge in [0.1, 0.15) is 0 Å². The van der Waals surface area contributed by atoms with Gasteiger partial charge in [-0.05, 0) is 77.2 Å². The van der Waals surface area contributed by atoms with Crippen molar-refractivity contribution in [1.82, 2.24) is 4.98 Å². The molecule has 0 aliphatic heterocycles. The Hall–Kier alpha value is -2.26. The van der Waals surface area contributed by atoms with Crippen molar-refractivity contribution in [3.8, 4) is 0 Å². The Balaban J connectivity index is 1.74. The zero-order valence-corrected chi connectivity index (χ0v) is 16.0. The van der Waals surface area contributed by atoms with Crippen LogP contribution >= 0.6 is 22.6 Å². The Labute approximate surface area is 160 Å². The molecular weight excluding hydrogens is 449 g/mol. The van der Waals surface area contributed by atoms with Crippen molar-refractivity contribution in [1.29, 1.82) is 0 Å². The Morgan fingerprint density at radius 3 is 2.36 bits per heavy atom. The molecule has 7 heteroatoms. The predicted molar refractivity (Wildman–Crippen MR) is 108 cm³/mol. The van der Waals surface area contributed by atoms with Crippen molar-refractivity contribution in [3.63, 3.8) is 0 Å². The molecule has 0 radical (unpaired) electrons. The summed E-state index contributed by atoms with van der Waals surface area (Å²) in [6, 6.07) is 17.2. The van der Waals surface area contributed by atoms with Crippen molar-refractivity contribution < 1.29 is 8.42 Å². The zero-order valence-electron chi connectivity index (χ0n) is 13.0. The SMILES string of the molecule is O=S(=O)(Nc1ccc(I)cc1)c1ccc(N=Cc2cccnc2)cc1. The van der Waals surface area contributed by atoms with Gasteiger partial charge in [0.25, 0.3) is 10.0 Å². The van der Waals surface area contributed by atoms with E-state index < -0.39 is 10.0 Å². The molecule has 0 atom stereocenters. The maximum atomic E-state index is 12.4. The molecule has 0 aliphatic carbocycles. The number of sulfonamides is 1. The molecule has 0 saturated carbocycles. The van der Waals surface area contributed by atoms with Crippen LogP contribution in [0.4, 0.5) is 11.4 Å². The van der Waals surface area contributed by atoms with Crippen molar-refractivity contribution >= 4 is 50.2 Å². The highest BCUT2D eigenvalue weighted by molar-refractivity contribution is 14.1. The fourth-order valence-corrected chi connectivity index (χ4v) is 3.46. The quantitative estimate of drug-likeness (QED) is 0.455. The van der Waals surface area contributed by atoms with Crippen molar-refractivity contribution in [2.75, 3.05) is 4.72 Å². The van der Waals surface area contributed by atoms with E-state index in [1.807, 2.05) is 24.3 Å². The third-order valence-corrected chi connectivity index (χ3v) is 5.41. The molecule has 25 heavy (non-hydrogen) atoms. The van der Waals surface area contributed by atoms with Crippen LogP contribution in [-0.4, -0.2) is 19.6 Å². The van der Waals surface area contributed by atoms with Crippen LogP contribution in [0.2, 0.25) is 0 Å². The molecule has 1 heterocycles. The standard InChI is InChI=1S/C18H14IN3O2S/c19-15-3-5-17(6-4-15)22-25(23,24)18-9-7-16(8-10-18)21-13-14-2-1-11-20-12-14/h1-13,22H. The van der Waals surface area contributed by atoms with Gasteiger partial charge in [0.2, 0.25) is 0 Å². The molecule has 2 aromatic carbocycles. The number of hydrogen-bond donors (Lipinski definition) is 1. The van der Waals surface area contributed by atoms with Crippen LogP contribution in [0.5, 0.6) is 0 Å². The van der Waals surface area contributed by atoms with E-state index >= 15 is 0 Å². The minimum Gasteiger partial charge on any atom is -0.280 e. The van der Waals surface area contributed by atoms with Crippen LogP contribution in [0.25, 0.3) is 0 Å². The number of rotatable bonds is 5. The first-order valence-electron chi connectivity index (χ1n) is 7.35. The summed E-state index contributed by atoms with van der Waals surface area (Å²) < 4.78 is 28.4. The molecule has 0 amide bonds. The maximum Gasteiger partial charge on any atom is 0.261 e. The molecule has 126 valence electrons. The second kappa shape index (κ2) is 7.75. The highest BCUT2D eigenvalue weighted by Crippen LogP contribution is 2.20. The smallest absolute Gasteiger partial charge is 0.261 e. The number of nitrogens with one attached hydrogen (secondary N) is 1. The lowest BCUT2D eigenvalue weighted by Gasteiger charge is -2.08. The largest absolute Gasteiger partial charge is 0.280 e. The molecule has 1 aromatic heterocycles. The second-order valence-corrected chi connectivity index (χ2v) is 8.08. The summed E-state index contributed by atoms with van der Waals surface area (Å²) in [5.74, 6) is 0. The van der Waals surface area contributed by atoms with Gasteiger partial charge in [-0.3, -0.25) is 14.7 Å². The third kappa shape index (κ3) is 4.86. The Morgan fingerprint density at radius 2 is 1.72 bits per heavy atom. The van der Waals surface area contributed by atoms with Crippen LogP contribution in [0.15, 0.2) is 82.9 Å². The lowest BCUT2D eigenvalue weighted by atomic mass is 10.3. The van der Waals surface area contributed by atoms with E-state index in [0.717, 1.165) is 9.13 Å². The number of halogens is 1. The fraction of sp³-hybridized carbons (Fsp3) is 0. The zero-order chi connectivity index (χ0) is 17.7. The van der Waals surface area contributed by atoms with E-state index in [9.17, 15) is 8.42 Å². The molecule has 0 fully saturated rings. The molecular formula is C18H14IN3O2S. The average molecular weight is 463 g/mol. The lowest BCUT2D eigenvalue weighted by molar-refractivity contribution is 0.601. The minimum atomic E-state index is -3.62. The number of aromatic nitrogens is 1. The Kier molecular flexibility index (Phi) is 5.44. The summed E-state index contributed by atoms with van der Waals surface area (Å²) in [5, 5.41) is 0. The van der Waals surface area contributed by atoms with Gasteiger partial charge in [-0.15, -0.1) is 0 Å². The van der Waals surface area contributed by atoms with Gasteiger partial charge < -0.3 is 0 Å². The average Bonchev–Trinajstić information content (AvgIpc) is 2.63. The summed E-state index contributed by atoms with van der Waals surface area (Å²) in [6.07, 6.45) is 5.07. The third-order valence-electron chi connectivity index (χ3n) is 3.29. The van der Waals surface area contributed by atoms with Gasteiger partial charge in [0, 0.05) is 33.4 Å². The van der Waals surface area contributed by atoms with E-state index in [2.05, 4.69) is 37.3 Å². The lowest BCUT2D eigenvalue weighted by Crippen LogP contribution is -2.12. The first-order valence-corrected chi connectivity index (χ1v) is 9.92.